The van der Waals surface area contributed by atoms with E-state index in [0.29, 0.717) is 19.1 Å². The number of hydrogen-bond acceptors (Lipinski definition) is 3. The van der Waals surface area contributed by atoms with Crippen LogP contribution in [0.5, 0.6) is 5.75 Å². The lowest BCUT2D eigenvalue weighted by Crippen LogP contribution is -2.26. The highest BCUT2D eigenvalue weighted by molar-refractivity contribution is 5.33. The van der Waals surface area contributed by atoms with E-state index in [2.05, 4.69) is 25.7 Å². The van der Waals surface area contributed by atoms with Gasteiger partial charge in [-0.2, -0.15) is 0 Å². The van der Waals surface area contributed by atoms with Gasteiger partial charge in [-0.05, 0) is 23.6 Å². The summed E-state index contributed by atoms with van der Waals surface area (Å²) in [5.74, 6) is 0.831. The normalized spacial score (nSPS) is 10.7. The monoisotopic (exact) mass is 249 g/mol. The summed E-state index contributed by atoms with van der Waals surface area (Å²) in [6.45, 7) is 9.59. The SMILES string of the molecule is C=C(CNC(C)C)COc1ccccc1CCO. The fraction of sp³-hybridized carbons (Fsp3) is 0.467. The minimum atomic E-state index is 0.135. The van der Waals surface area contributed by atoms with Crippen LogP contribution in [0.4, 0.5) is 0 Å². The van der Waals surface area contributed by atoms with E-state index in [1.54, 1.807) is 0 Å². The molecule has 0 atom stereocenters. The summed E-state index contributed by atoms with van der Waals surface area (Å²) in [6, 6.07) is 8.23. The van der Waals surface area contributed by atoms with Crippen molar-refractivity contribution in [3.63, 3.8) is 0 Å². The Labute approximate surface area is 109 Å². The summed E-state index contributed by atoms with van der Waals surface area (Å²) in [5.41, 5.74) is 2.05. The Balaban J connectivity index is 2.45. The third-order valence-corrected chi connectivity index (χ3v) is 2.55. The maximum atomic E-state index is 8.98. The standard InChI is InChI=1S/C15H23NO2/c1-12(2)16-10-13(3)11-18-15-7-5-4-6-14(15)8-9-17/h4-7,12,16-17H,3,8-11H2,1-2H3. The van der Waals surface area contributed by atoms with Crippen LogP contribution in [-0.4, -0.2) is 30.9 Å². The highest BCUT2D eigenvalue weighted by atomic mass is 16.5. The van der Waals surface area contributed by atoms with Crippen LogP contribution in [0.3, 0.4) is 0 Å². The number of benzene rings is 1. The van der Waals surface area contributed by atoms with Crippen molar-refractivity contribution in [1.29, 1.82) is 0 Å². The molecule has 2 N–H and O–H groups in total. The molecule has 100 valence electrons. The van der Waals surface area contributed by atoms with E-state index in [9.17, 15) is 0 Å². The van der Waals surface area contributed by atoms with Crippen LogP contribution in [0.1, 0.15) is 19.4 Å². The minimum absolute atomic E-state index is 0.135. The van der Waals surface area contributed by atoms with Crippen LogP contribution < -0.4 is 10.1 Å². The van der Waals surface area contributed by atoms with Crippen LogP contribution >= 0.6 is 0 Å². The number of aliphatic hydroxyl groups excluding tert-OH is 1. The number of ether oxygens (including phenoxy) is 1. The highest BCUT2D eigenvalue weighted by Crippen LogP contribution is 2.18. The van der Waals surface area contributed by atoms with E-state index >= 15 is 0 Å². The lowest BCUT2D eigenvalue weighted by Gasteiger charge is -2.14. The lowest BCUT2D eigenvalue weighted by molar-refractivity contribution is 0.293. The van der Waals surface area contributed by atoms with Gasteiger partial charge in [0, 0.05) is 19.2 Å². The Morgan fingerprint density at radius 2 is 2.11 bits per heavy atom. The smallest absolute Gasteiger partial charge is 0.123 e. The molecule has 0 spiro atoms. The molecule has 0 aliphatic rings. The van der Waals surface area contributed by atoms with Crippen LogP contribution in [0.15, 0.2) is 36.4 Å². The van der Waals surface area contributed by atoms with Gasteiger partial charge < -0.3 is 15.2 Å². The van der Waals surface area contributed by atoms with E-state index in [-0.39, 0.29) is 6.61 Å². The molecule has 0 aliphatic heterocycles. The van der Waals surface area contributed by atoms with Gasteiger partial charge in [0.25, 0.3) is 0 Å². The molecule has 0 amide bonds. The maximum absolute atomic E-state index is 8.98. The van der Waals surface area contributed by atoms with Crippen molar-refractivity contribution in [3.8, 4) is 5.75 Å². The van der Waals surface area contributed by atoms with Gasteiger partial charge in [0.15, 0.2) is 0 Å². The van der Waals surface area contributed by atoms with E-state index < -0.39 is 0 Å². The summed E-state index contributed by atoms with van der Waals surface area (Å²) in [5, 5.41) is 12.3. The second-order valence-electron chi connectivity index (χ2n) is 4.66. The molecule has 0 bridgehead atoms. The van der Waals surface area contributed by atoms with Gasteiger partial charge in [0.1, 0.15) is 12.4 Å². The van der Waals surface area contributed by atoms with Gasteiger partial charge in [-0.15, -0.1) is 0 Å². The van der Waals surface area contributed by atoms with E-state index in [1.165, 1.54) is 0 Å². The molecule has 0 saturated heterocycles. The molecule has 0 fully saturated rings. The molecule has 1 aromatic rings. The van der Waals surface area contributed by atoms with Crippen molar-refractivity contribution in [2.75, 3.05) is 19.8 Å². The molecule has 18 heavy (non-hydrogen) atoms. The van der Waals surface area contributed by atoms with Gasteiger partial charge in [0.2, 0.25) is 0 Å². The first-order chi connectivity index (χ1) is 8.63. The van der Waals surface area contributed by atoms with Crippen molar-refractivity contribution in [2.45, 2.75) is 26.3 Å². The molecular formula is C15H23NO2. The predicted molar refractivity (Wildman–Crippen MR) is 75.0 cm³/mol. The minimum Gasteiger partial charge on any atom is -0.489 e. The van der Waals surface area contributed by atoms with Gasteiger partial charge in [-0.3, -0.25) is 0 Å². The molecule has 1 rings (SSSR count). The predicted octanol–water partition coefficient (Wildman–Crippen LogP) is 2.15. The second-order valence-corrected chi connectivity index (χ2v) is 4.66. The molecule has 3 nitrogen and oxygen atoms in total. The summed E-state index contributed by atoms with van der Waals surface area (Å²) in [7, 11) is 0. The summed E-state index contributed by atoms with van der Waals surface area (Å²) in [6.07, 6.45) is 0.618. The number of nitrogens with one attached hydrogen (secondary N) is 1. The first-order valence-electron chi connectivity index (χ1n) is 6.35. The van der Waals surface area contributed by atoms with E-state index in [0.717, 1.165) is 23.4 Å². The third-order valence-electron chi connectivity index (χ3n) is 2.55. The molecule has 0 radical (unpaired) electrons. The molecule has 0 unspecified atom stereocenters. The average molecular weight is 249 g/mol. The maximum Gasteiger partial charge on any atom is 0.123 e. The Bertz CT molecular complexity index is 375. The van der Waals surface area contributed by atoms with Crippen molar-refractivity contribution in [3.05, 3.63) is 42.0 Å². The molecular weight excluding hydrogens is 226 g/mol. The van der Waals surface area contributed by atoms with Crippen LogP contribution in [0.25, 0.3) is 0 Å². The van der Waals surface area contributed by atoms with E-state index in [4.69, 9.17) is 9.84 Å². The van der Waals surface area contributed by atoms with Gasteiger partial charge in [-0.1, -0.05) is 38.6 Å². The molecule has 0 aliphatic carbocycles. The van der Waals surface area contributed by atoms with Crippen molar-refractivity contribution in [1.82, 2.24) is 5.32 Å². The third kappa shape index (κ3) is 5.34. The average Bonchev–Trinajstić information content (AvgIpc) is 2.35. The molecule has 3 heteroatoms. The number of hydrogen-bond donors (Lipinski definition) is 2. The van der Waals surface area contributed by atoms with Gasteiger partial charge >= 0.3 is 0 Å². The quantitative estimate of drug-likeness (QED) is 0.694. The van der Waals surface area contributed by atoms with Crippen LogP contribution in [0, 0.1) is 0 Å². The first-order valence-corrected chi connectivity index (χ1v) is 6.35. The van der Waals surface area contributed by atoms with Crippen molar-refractivity contribution >= 4 is 0 Å². The van der Waals surface area contributed by atoms with Crippen LogP contribution in [0.2, 0.25) is 0 Å². The highest BCUT2D eigenvalue weighted by Gasteiger charge is 2.03. The Kier molecular flexibility index (Phi) is 6.47. The van der Waals surface area contributed by atoms with Gasteiger partial charge in [-0.25, -0.2) is 0 Å². The fourth-order valence-corrected chi connectivity index (χ4v) is 1.55. The zero-order valence-electron chi connectivity index (χ0n) is 11.3. The lowest BCUT2D eigenvalue weighted by atomic mass is 10.1. The zero-order valence-corrected chi connectivity index (χ0v) is 11.3. The first kappa shape index (κ1) is 14.7. The number of para-hydroxylation sites is 1. The molecule has 0 aromatic heterocycles. The van der Waals surface area contributed by atoms with Gasteiger partial charge in [0.05, 0.1) is 0 Å². The number of aliphatic hydroxyl groups is 1. The Morgan fingerprint density at radius 1 is 1.39 bits per heavy atom. The summed E-state index contributed by atoms with van der Waals surface area (Å²) in [4.78, 5) is 0. The van der Waals surface area contributed by atoms with E-state index in [1.807, 2.05) is 24.3 Å². The largest absolute Gasteiger partial charge is 0.489 e. The number of rotatable bonds is 8. The molecule has 1 aromatic carbocycles. The zero-order chi connectivity index (χ0) is 13.4. The van der Waals surface area contributed by atoms with Crippen molar-refractivity contribution < 1.29 is 9.84 Å². The topological polar surface area (TPSA) is 41.5 Å². The summed E-state index contributed by atoms with van der Waals surface area (Å²) >= 11 is 0. The second kappa shape index (κ2) is 7.90. The Hall–Kier alpha value is -1.32. The van der Waals surface area contributed by atoms with Crippen LogP contribution in [-0.2, 0) is 6.42 Å². The molecule has 0 saturated carbocycles. The summed E-state index contributed by atoms with van der Waals surface area (Å²) < 4.78 is 5.73. The Morgan fingerprint density at radius 3 is 2.78 bits per heavy atom. The molecule has 0 heterocycles. The van der Waals surface area contributed by atoms with Crippen molar-refractivity contribution in [2.24, 2.45) is 0 Å². The fourth-order valence-electron chi connectivity index (χ4n) is 1.55.